The van der Waals surface area contributed by atoms with Crippen LogP contribution in [0.1, 0.15) is 19.4 Å². The van der Waals surface area contributed by atoms with Gasteiger partial charge in [-0.15, -0.1) is 0 Å². The summed E-state index contributed by atoms with van der Waals surface area (Å²) >= 11 is 0. The fourth-order valence-corrected chi connectivity index (χ4v) is 2.47. The summed E-state index contributed by atoms with van der Waals surface area (Å²) in [5.74, 6) is 0.101. The van der Waals surface area contributed by atoms with Gasteiger partial charge in [0.1, 0.15) is 17.5 Å². The molecular formula is C16H23F3N2O2. The predicted molar refractivity (Wildman–Crippen MR) is 81.5 cm³/mol. The molecule has 0 saturated carbocycles. The van der Waals surface area contributed by atoms with E-state index in [0.717, 1.165) is 38.3 Å². The highest BCUT2D eigenvalue weighted by atomic mass is 19.4. The van der Waals surface area contributed by atoms with Crippen LogP contribution < -0.4 is 10.1 Å². The molecule has 23 heavy (non-hydrogen) atoms. The number of hydrogen-bond acceptors (Lipinski definition) is 4. The average molecular weight is 332 g/mol. The van der Waals surface area contributed by atoms with E-state index in [1.807, 2.05) is 0 Å². The summed E-state index contributed by atoms with van der Waals surface area (Å²) in [6.45, 7) is 7.17. The maximum absolute atomic E-state index is 12.8. The van der Waals surface area contributed by atoms with Crippen molar-refractivity contribution in [2.75, 3.05) is 32.7 Å². The molecule has 1 aliphatic rings. The van der Waals surface area contributed by atoms with Crippen molar-refractivity contribution in [3.05, 3.63) is 29.8 Å². The maximum atomic E-state index is 12.8. The average Bonchev–Trinajstić information content (AvgIpc) is 2.47. The number of β-amino-alcohol motifs (C(OH)–C–C–N with tert-alkyl or cyclic N) is 1. The molecule has 0 amide bonds. The van der Waals surface area contributed by atoms with Gasteiger partial charge in [0.25, 0.3) is 0 Å². The van der Waals surface area contributed by atoms with E-state index in [1.165, 1.54) is 12.1 Å². The second-order valence-corrected chi connectivity index (χ2v) is 6.30. The molecule has 1 aromatic carbocycles. The molecule has 1 unspecified atom stereocenters. The minimum atomic E-state index is -4.41. The molecule has 2 N–H and O–H groups in total. The van der Waals surface area contributed by atoms with Gasteiger partial charge >= 0.3 is 6.18 Å². The molecule has 0 aromatic heterocycles. The zero-order valence-corrected chi connectivity index (χ0v) is 13.4. The number of rotatable bonds is 5. The van der Waals surface area contributed by atoms with Crippen molar-refractivity contribution in [3.8, 4) is 5.75 Å². The predicted octanol–water partition coefficient (Wildman–Crippen LogP) is 2.13. The third-order valence-corrected chi connectivity index (χ3v) is 3.99. The summed E-state index contributed by atoms with van der Waals surface area (Å²) < 4.78 is 43.9. The van der Waals surface area contributed by atoms with Crippen LogP contribution in [0.4, 0.5) is 13.2 Å². The number of aliphatic hydroxyl groups is 1. The van der Waals surface area contributed by atoms with Crippen molar-refractivity contribution in [1.29, 1.82) is 0 Å². The first-order valence-electron chi connectivity index (χ1n) is 7.66. The first-order valence-corrected chi connectivity index (χ1v) is 7.66. The van der Waals surface area contributed by atoms with Gasteiger partial charge in [0.15, 0.2) is 0 Å². The van der Waals surface area contributed by atoms with E-state index in [0.29, 0.717) is 6.54 Å². The highest BCUT2D eigenvalue weighted by Gasteiger charge is 2.34. The first-order chi connectivity index (χ1) is 10.7. The second kappa shape index (κ2) is 7.07. The van der Waals surface area contributed by atoms with E-state index in [2.05, 4.69) is 10.2 Å². The van der Waals surface area contributed by atoms with Crippen molar-refractivity contribution in [2.45, 2.75) is 31.7 Å². The normalized spacial score (nSPS) is 18.7. The Hall–Kier alpha value is -1.31. The van der Waals surface area contributed by atoms with Gasteiger partial charge < -0.3 is 15.2 Å². The number of aliphatic hydroxyl groups excluding tert-OH is 1. The second-order valence-electron chi connectivity index (χ2n) is 6.30. The Balaban J connectivity index is 2.01. The van der Waals surface area contributed by atoms with Crippen molar-refractivity contribution < 1.29 is 23.0 Å². The third kappa shape index (κ3) is 5.09. The van der Waals surface area contributed by atoms with Gasteiger partial charge in [-0.3, -0.25) is 4.90 Å². The molecule has 1 saturated heterocycles. The molecule has 0 spiro atoms. The molecule has 0 radical (unpaired) electrons. The van der Waals surface area contributed by atoms with Crippen LogP contribution >= 0.6 is 0 Å². The quantitative estimate of drug-likeness (QED) is 0.867. The van der Waals surface area contributed by atoms with E-state index in [4.69, 9.17) is 4.74 Å². The van der Waals surface area contributed by atoms with Gasteiger partial charge in [0.05, 0.1) is 5.56 Å². The molecular weight excluding hydrogens is 309 g/mol. The van der Waals surface area contributed by atoms with E-state index in [9.17, 15) is 18.3 Å². The number of nitrogens with one attached hydrogen (secondary N) is 1. The molecule has 0 bridgehead atoms. The largest absolute Gasteiger partial charge is 0.485 e. The topological polar surface area (TPSA) is 44.7 Å². The molecule has 4 nitrogen and oxygen atoms in total. The Bertz CT molecular complexity index is 514. The fraction of sp³-hybridized carbons (Fsp3) is 0.625. The number of benzene rings is 1. The van der Waals surface area contributed by atoms with Crippen LogP contribution in [0.2, 0.25) is 0 Å². The Labute approximate surface area is 134 Å². The highest BCUT2D eigenvalue weighted by molar-refractivity contribution is 5.30. The molecule has 0 aliphatic carbocycles. The summed E-state index contributed by atoms with van der Waals surface area (Å²) in [4.78, 5) is 2.11. The SMILES string of the molecule is CC(C)(Oc1cccc(C(F)(F)F)c1)C(O)CN1CCNCC1. The fourth-order valence-electron chi connectivity index (χ4n) is 2.47. The Morgan fingerprint density at radius 2 is 1.91 bits per heavy atom. The van der Waals surface area contributed by atoms with Crippen molar-refractivity contribution >= 4 is 0 Å². The molecule has 2 rings (SSSR count). The minimum absolute atomic E-state index is 0.101. The van der Waals surface area contributed by atoms with Crippen molar-refractivity contribution in [3.63, 3.8) is 0 Å². The smallest absolute Gasteiger partial charge is 0.416 e. The van der Waals surface area contributed by atoms with Crippen LogP contribution in [0.5, 0.6) is 5.75 Å². The van der Waals surface area contributed by atoms with Gasteiger partial charge in [0, 0.05) is 32.7 Å². The van der Waals surface area contributed by atoms with Gasteiger partial charge in [-0.05, 0) is 32.0 Å². The van der Waals surface area contributed by atoms with Crippen molar-refractivity contribution in [1.82, 2.24) is 10.2 Å². The van der Waals surface area contributed by atoms with Gasteiger partial charge in [-0.25, -0.2) is 0 Å². The van der Waals surface area contributed by atoms with E-state index >= 15 is 0 Å². The molecule has 1 heterocycles. The summed E-state index contributed by atoms with van der Waals surface area (Å²) in [5.41, 5.74) is -1.75. The third-order valence-electron chi connectivity index (χ3n) is 3.99. The number of piperazine rings is 1. The molecule has 7 heteroatoms. The summed E-state index contributed by atoms with van der Waals surface area (Å²) in [7, 11) is 0. The highest BCUT2D eigenvalue weighted by Crippen LogP contribution is 2.32. The van der Waals surface area contributed by atoms with Crippen LogP contribution in [0.15, 0.2) is 24.3 Å². The molecule has 1 aromatic rings. The Kier molecular flexibility index (Phi) is 5.54. The van der Waals surface area contributed by atoms with Crippen LogP contribution in [-0.4, -0.2) is 54.4 Å². The van der Waals surface area contributed by atoms with Gasteiger partial charge in [-0.2, -0.15) is 13.2 Å². The summed E-state index contributed by atoms with van der Waals surface area (Å²) in [5, 5.41) is 13.6. The number of halogens is 3. The zero-order chi connectivity index (χ0) is 17.1. The van der Waals surface area contributed by atoms with Crippen LogP contribution in [0.25, 0.3) is 0 Å². The van der Waals surface area contributed by atoms with Gasteiger partial charge in [0.2, 0.25) is 0 Å². The van der Waals surface area contributed by atoms with Crippen LogP contribution in [0, 0.1) is 0 Å². The van der Waals surface area contributed by atoms with Crippen LogP contribution in [0.3, 0.4) is 0 Å². The number of hydrogen-bond donors (Lipinski definition) is 2. The number of nitrogens with zero attached hydrogens (tertiary/aromatic N) is 1. The molecule has 1 fully saturated rings. The number of alkyl halides is 3. The lowest BCUT2D eigenvalue weighted by Crippen LogP contribution is -2.52. The van der Waals surface area contributed by atoms with Crippen molar-refractivity contribution in [2.24, 2.45) is 0 Å². The van der Waals surface area contributed by atoms with E-state index in [-0.39, 0.29) is 5.75 Å². The van der Waals surface area contributed by atoms with Gasteiger partial charge in [-0.1, -0.05) is 6.07 Å². The molecule has 130 valence electrons. The lowest BCUT2D eigenvalue weighted by molar-refractivity contribution is -0.137. The minimum Gasteiger partial charge on any atom is -0.485 e. The Morgan fingerprint density at radius 1 is 1.26 bits per heavy atom. The lowest BCUT2D eigenvalue weighted by Gasteiger charge is -2.36. The van der Waals surface area contributed by atoms with E-state index in [1.54, 1.807) is 13.8 Å². The summed E-state index contributed by atoms with van der Waals surface area (Å²) in [6, 6.07) is 4.72. The zero-order valence-electron chi connectivity index (χ0n) is 13.4. The molecule has 1 atom stereocenters. The maximum Gasteiger partial charge on any atom is 0.416 e. The molecule has 1 aliphatic heterocycles. The lowest BCUT2D eigenvalue weighted by atomic mass is 10.0. The number of ether oxygens (including phenoxy) is 1. The first kappa shape index (κ1) is 18.0. The standard InChI is InChI=1S/C16H23F3N2O2/c1-15(2,14(22)11-21-8-6-20-7-9-21)23-13-5-3-4-12(10-13)16(17,18)19/h3-5,10,14,20,22H,6-9,11H2,1-2H3. The van der Waals surface area contributed by atoms with Crippen LogP contribution in [-0.2, 0) is 6.18 Å². The monoisotopic (exact) mass is 332 g/mol. The van der Waals surface area contributed by atoms with E-state index < -0.39 is 23.4 Å². The summed E-state index contributed by atoms with van der Waals surface area (Å²) in [6.07, 6.45) is -5.22. The Morgan fingerprint density at radius 3 is 2.52 bits per heavy atom.